The van der Waals surface area contributed by atoms with Crippen molar-refractivity contribution in [1.82, 2.24) is 9.66 Å². The lowest BCUT2D eigenvalue weighted by Crippen LogP contribution is -2.20. The number of hydrogen-bond acceptors (Lipinski definition) is 6. The highest BCUT2D eigenvalue weighted by Crippen LogP contribution is 2.34. The molecule has 8 nitrogen and oxygen atoms in total. The van der Waals surface area contributed by atoms with Crippen molar-refractivity contribution in [2.24, 2.45) is 5.10 Å². The molecule has 0 aliphatic carbocycles. The van der Waals surface area contributed by atoms with Crippen LogP contribution >= 0.6 is 39.1 Å². The summed E-state index contributed by atoms with van der Waals surface area (Å²) in [6.45, 7) is 1.68. The van der Waals surface area contributed by atoms with E-state index in [2.05, 4.69) is 26.0 Å². The van der Waals surface area contributed by atoms with Crippen LogP contribution in [0.1, 0.15) is 17.0 Å². The van der Waals surface area contributed by atoms with Gasteiger partial charge in [-0.15, -0.1) is 0 Å². The first-order valence-electron chi connectivity index (χ1n) is 9.81. The highest BCUT2D eigenvalue weighted by atomic mass is 79.9. The van der Waals surface area contributed by atoms with Crippen LogP contribution in [-0.4, -0.2) is 20.8 Å². The molecule has 0 radical (unpaired) electrons. The van der Waals surface area contributed by atoms with Gasteiger partial charge in [0.2, 0.25) is 5.75 Å². The molecule has 172 valence electrons. The number of hydrogen-bond donors (Lipinski definition) is 0. The molecule has 0 aliphatic heterocycles. The van der Waals surface area contributed by atoms with Gasteiger partial charge in [-0.3, -0.25) is 14.9 Å². The fourth-order valence-corrected chi connectivity index (χ4v) is 3.95. The number of ether oxygens (including phenoxy) is 1. The second-order valence-corrected chi connectivity index (χ2v) is 8.99. The van der Waals surface area contributed by atoms with E-state index in [1.165, 1.54) is 18.3 Å². The summed E-state index contributed by atoms with van der Waals surface area (Å²) in [7, 11) is 0. The summed E-state index contributed by atoms with van der Waals surface area (Å²) in [5.41, 5.74) is 0.803. The average Bonchev–Trinajstić information content (AvgIpc) is 2.79. The Labute approximate surface area is 211 Å². The molecule has 0 aliphatic rings. The van der Waals surface area contributed by atoms with E-state index in [0.29, 0.717) is 21.7 Å². The molecule has 4 rings (SSSR count). The zero-order chi connectivity index (χ0) is 24.4. The highest BCUT2D eigenvalue weighted by molar-refractivity contribution is 9.10. The van der Waals surface area contributed by atoms with Gasteiger partial charge in [0.25, 0.3) is 5.56 Å². The van der Waals surface area contributed by atoms with Gasteiger partial charge in [0.1, 0.15) is 12.4 Å². The Hall–Kier alpha value is -3.27. The third-order valence-electron chi connectivity index (χ3n) is 4.84. The second kappa shape index (κ2) is 9.92. The lowest BCUT2D eigenvalue weighted by molar-refractivity contribution is -0.385. The van der Waals surface area contributed by atoms with Crippen LogP contribution in [0.5, 0.6) is 5.75 Å². The number of rotatable bonds is 6. The molecule has 0 N–H and O–H groups in total. The molecule has 34 heavy (non-hydrogen) atoms. The molecule has 0 bridgehead atoms. The number of aryl methyl sites for hydroxylation is 1. The Morgan fingerprint density at radius 2 is 1.88 bits per heavy atom. The predicted octanol–water partition coefficient (Wildman–Crippen LogP) is 6.14. The van der Waals surface area contributed by atoms with Gasteiger partial charge in [-0.05, 0) is 48.9 Å². The third-order valence-corrected chi connectivity index (χ3v) is 5.80. The molecule has 1 heterocycles. The summed E-state index contributed by atoms with van der Waals surface area (Å²) in [6.07, 6.45) is 1.29. The van der Waals surface area contributed by atoms with Crippen LogP contribution < -0.4 is 10.3 Å². The van der Waals surface area contributed by atoms with Crippen molar-refractivity contribution in [2.75, 3.05) is 0 Å². The van der Waals surface area contributed by atoms with Gasteiger partial charge < -0.3 is 4.74 Å². The molecule has 0 saturated carbocycles. The van der Waals surface area contributed by atoms with Crippen LogP contribution in [0.4, 0.5) is 5.69 Å². The Morgan fingerprint density at radius 3 is 2.59 bits per heavy atom. The van der Waals surface area contributed by atoms with E-state index in [-0.39, 0.29) is 34.2 Å². The maximum atomic E-state index is 13.0. The van der Waals surface area contributed by atoms with Crippen LogP contribution in [0.3, 0.4) is 0 Å². The first-order chi connectivity index (χ1) is 16.2. The van der Waals surface area contributed by atoms with Crippen molar-refractivity contribution in [1.29, 1.82) is 0 Å². The minimum atomic E-state index is -0.590. The summed E-state index contributed by atoms with van der Waals surface area (Å²) >= 11 is 15.4. The van der Waals surface area contributed by atoms with Crippen molar-refractivity contribution in [3.63, 3.8) is 0 Å². The summed E-state index contributed by atoms with van der Waals surface area (Å²) in [6, 6.07) is 14.7. The molecule has 0 spiro atoms. The fourth-order valence-electron chi connectivity index (χ4n) is 3.24. The topological polar surface area (TPSA) is 99.6 Å². The first-order valence-corrected chi connectivity index (χ1v) is 11.4. The molecule has 3 aromatic carbocycles. The number of fused-ring (bicyclic) bond motifs is 1. The summed E-state index contributed by atoms with van der Waals surface area (Å²) < 4.78 is 7.64. The molecule has 0 atom stereocenters. The van der Waals surface area contributed by atoms with E-state index in [4.69, 9.17) is 27.9 Å². The number of benzene rings is 3. The quantitative estimate of drug-likeness (QED) is 0.160. The van der Waals surface area contributed by atoms with Crippen molar-refractivity contribution in [3.8, 4) is 5.75 Å². The molecule has 0 saturated heterocycles. The average molecular weight is 562 g/mol. The van der Waals surface area contributed by atoms with Gasteiger partial charge in [0.15, 0.2) is 0 Å². The molecule has 1 aromatic heterocycles. The van der Waals surface area contributed by atoms with Crippen molar-refractivity contribution in [2.45, 2.75) is 13.5 Å². The standard InChI is InChI=1S/C23H15BrCl2N4O4/c1-13-28-20-7-4-16(24)9-19(20)23(31)29(13)27-11-15-8-18(26)10-21(30(32)33)22(15)34-12-14-2-5-17(25)6-3-14/h2-11H,12H2,1H3. The van der Waals surface area contributed by atoms with E-state index < -0.39 is 4.92 Å². The largest absolute Gasteiger partial charge is 0.481 e. The molecule has 4 aromatic rings. The third kappa shape index (κ3) is 5.11. The van der Waals surface area contributed by atoms with E-state index in [9.17, 15) is 14.9 Å². The van der Waals surface area contributed by atoms with E-state index in [1.54, 1.807) is 49.4 Å². The molecule has 11 heteroatoms. The SMILES string of the molecule is Cc1nc2ccc(Br)cc2c(=O)n1N=Cc1cc(Cl)cc([N+](=O)[O-])c1OCc1ccc(Cl)cc1. The van der Waals surface area contributed by atoms with E-state index in [0.717, 1.165) is 14.7 Å². The number of nitro benzene ring substituents is 1. The first kappa shape index (κ1) is 23.9. The zero-order valence-corrected chi connectivity index (χ0v) is 20.6. The van der Waals surface area contributed by atoms with Gasteiger partial charge in [-0.1, -0.05) is 51.3 Å². The summed E-state index contributed by atoms with van der Waals surface area (Å²) in [5, 5.41) is 17.0. The second-order valence-electron chi connectivity index (χ2n) is 7.20. The minimum absolute atomic E-state index is 0.0321. The summed E-state index contributed by atoms with van der Waals surface area (Å²) in [4.78, 5) is 28.5. The van der Waals surface area contributed by atoms with Gasteiger partial charge in [0.05, 0.1) is 22.0 Å². The number of aromatic nitrogens is 2. The lowest BCUT2D eigenvalue weighted by atomic mass is 10.2. The van der Waals surface area contributed by atoms with Crippen LogP contribution in [0, 0.1) is 17.0 Å². The molecular formula is C23H15BrCl2N4O4. The monoisotopic (exact) mass is 560 g/mol. The Bertz CT molecular complexity index is 1500. The molecule has 0 amide bonds. The molecule has 0 unspecified atom stereocenters. The van der Waals surface area contributed by atoms with Gasteiger partial charge >= 0.3 is 5.69 Å². The summed E-state index contributed by atoms with van der Waals surface area (Å²) in [5.74, 6) is 0.312. The van der Waals surface area contributed by atoms with Crippen LogP contribution in [0.15, 0.2) is 69.0 Å². The van der Waals surface area contributed by atoms with Crippen molar-refractivity contribution < 1.29 is 9.66 Å². The van der Waals surface area contributed by atoms with Crippen molar-refractivity contribution in [3.05, 3.63) is 107 Å². The van der Waals surface area contributed by atoms with Gasteiger partial charge in [-0.2, -0.15) is 9.78 Å². The van der Waals surface area contributed by atoms with Crippen LogP contribution in [-0.2, 0) is 6.61 Å². The Morgan fingerprint density at radius 1 is 1.15 bits per heavy atom. The highest BCUT2D eigenvalue weighted by Gasteiger charge is 2.21. The fraction of sp³-hybridized carbons (Fsp3) is 0.0870. The Kier molecular flexibility index (Phi) is 6.97. The normalized spacial score (nSPS) is 11.3. The zero-order valence-electron chi connectivity index (χ0n) is 17.5. The van der Waals surface area contributed by atoms with Crippen LogP contribution in [0.25, 0.3) is 10.9 Å². The minimum Gasteiger partial charge on any atom is -0.481 e. The maximum Gasteiger partial charge on any atom is 0.313 e. The smallest absolute Gasteiger partial charge is 0.313 e. The maximum absolute atomic E-state index is 13.0. The molecule has 0 fully saturated rings. The number of nitrogens with zero attached hydrogens (tertiary/aromatic N) is 4. The van der Waals surface area contributed by atoms with E-state index >= 15 is 0 Å². The van der Waals surface area contributed by atoms with Crippen molar-refractivity contribution >= 4 is 61.9 Å². The van der Waals surface area contributed by atoms with Crippen LogP contribution in [0.2, 0.25) is 10.0 Å². The number of nitro groups is 1. The Balaban J connectivity index is 1.77. The number of halogens is 3. The lowest BCUT2D eigenvalue weighted by Gasteiger charge is -2.11. The molecular weight excluding hydrogens is 547 g/mol. The van der Waals surface area contributed by atoms with Gasteiger partial charge in [-0.25, -0.2) is 4.98 Å². The van der Waals surface area contributed by atoms with Gasteiger partial charge in [0, 0.05) is 26.1 Å². The predicted molar refractivity (Wildman–Crippen MR) is 135 cm³/mol. The van der Waals surface area contributed by atoms with E-state index in [1.807, 2.05) is 0 Å².